The molecular weight excluding hydrogens is 907 g/mol. The molecule has 22 nitrogen and oxygen atoms in total. The Morgan fingerprint density at radius 2 is 1.00 bits per heavy atom. The second-order valence-electron chi connectivity index (χ2n) is 16.8. The normalized spacial score (nSPS) is 15.5. The number of carboxylic acid groups (broad SMARTS) is 3. The van der Waals surface area contributed by atoms with Gasteiger partial charge in [-0.25, -0.2) is 4.79 Å². The summed E-state index contributed by atoms with van der Waals surface area (Å²) in [7, 11) is 0. The fourth-order valence-electron chi connectivity index (χ4n) is 6.65. The molecule has 0 aliphatic carbocycles. The summed E-state index contributed by atoms with van der Waals surface area (Å²) in [6.45, 7) is 8.30. The van der Waals surface area contributed by atoms with Crippen molar-refractivity contribution in [3.63, 3.8) is 0 Å². The van der Waals surface area contributed by atoms with Crippen molar-refractivity contribution in [2.75, 3.05) is 18.6 Å². The van der Waals surface area contributed by atoms with Gasteiger partial charge in [-0.05, 0) is 81.4 Å². The summed E-state index contributed by atoms with van der Waals surface area (Å²) in [5.41, 5.74) is 12.2. The molecule has 0 spiro atoms. The minimum absolute atomic E-state index is 0.0429. The number of nitrogens with two attached hydrogens (primary N) is 2. The van der Waals surface area contributed by atoms with Gasteiger partial charge < -0.3 is 64.0 Å². The molecule has 0 aliphatic rings. The van der Waals surface area contributed by atoms with Crippen molar-refractivity contribution in [1.82, 2.24) is 37.2 Å². The van der Waals surface area contributed by atoms with E-state index in [1.807, 2.05) is 6.26 Å². The molecule has 0 fully saturated rings. The van der Waals surface area contributed by atoms with Crippen LogP contribution in [-0.2, 0) is 54.4 Å². The van der Waals surface area contributed by atoms with Crippen LogP contribution in [0.5, 0.6) is 0 Å². The number of benzene rings is 1. The molecule has 0 heterocycles. The Bertz CT molecular complexity index is 1840. The number of carbonyl (C=O) groups excluding carboxylic acids is 7. The molecule has 7 amide bonds. The fourth-order valence-corrected chi connectivity index (χ4v) is 7.14. The highest BCUT2D eigenvalue weighted by molar-refractivity contribution is 7.98. The third-order valence-electron chi connectivity index (χ3n) is 11.3. The van der Waals surface area contributed by atoms with Crippen molar-refractivity contribution in [3.8, 4) is 0 Å². The molecule has 0 unspecified atom stereocenters. The standard InChI is InChI=1S/C45H73N9O13S/c1-7-25(3)36(43(64)50-30(16-12-13-22-46)40(61)52-33(45(66)67)24-28-14-10-9-11-15-28)54-42(63)32(18-20-35(57)58)51-44(65)37(26(4)8-2)53-41(62)31(17-19-34(55)56)49-38(59)27(5)48-39(60)29(47)21-23-68-6/h9-11,14-15,25-27,29-33,36-37H,7-8,12-13,16-24,46-47H2,1-6H3,(H,48,60)(H,49,59)(H,50,64)(H,51,65)(H,52,61)(H,53,62)(H,54,63)(H,55,56)(H,57,58)(H,66,67)/t25-,26-,27-,29-,30-,31-,32-,33-,36-,37-/m0/s1. The summed E-state index contributed by atoms with van der Waals surface area (Å²) in [6, 6.07) is -1.95. The molecule has 0 aliphatic heterocycles. The number of carbonyl (C=O) groups is 10. The second kappa shape index (κ2) is 32.0. The van der Waals surface area contributed by atoms with E-state index in [4.69, 9.17) is 11.5 Å². The van der Waals surface area contributed by atoms with E-state index in [0.29, 0.717) is 37.0 Å². The molecule has 0 bridgehead atoms. The van der Waals surface area contributed by atoms with Gasteiger partial charge in [-0.2, -0.15) is 11.8 Å². The first-order chi connectivity index (χ1) is 32.1. The summed E-state index contributed by atoms with van der Waals surface area (Å²) in [4.78, 5) is 131. The van der Waals surface area contributed by atoms with Gasteiger partial charge in [-0.3, -0.25) is 43.2 Å². The molecule has 10 atom stereocenters. The van der Waals surface area contributed by atoms with Gasteiger partial charge in [0, 0.05) is 19.3 Å². The zero-order valence-electron chi connectivity index (χ0n) is 39.8. The number of rotatable bonds is 34. The van der Waals surface area contributed by atoms with Crippen molar-refractivity contribution in [2.24, 2.45) is 23.3 Å². The molecular formula is C45H73N9O13S. The maximum Gasteiger partial charge on any atom is 0.326 e. The van der Waals surface area contributed by atoms with E-state index in [2.05, 4.69) is 37.2 Å². The van der Waals surface area contributed by atoms with E-state index in [-0.39, 0.29) is 25.8 Å². The van der Waals surface area contributed by atoms with E-state index in [0.717, 1.165) is 0 Å². The van der Waals surface area contributed by atoms with Crippen LogP contribution in [0.4, 0.5) is 0 Å². The molecule has 14 N–H and O–H groups in total. The van der Waals surface area contributed by atoms with E-state index >= 15 is 0 Å². The number of unbranched alkanes of at least 4 members (excludes halogenated alkanes) is 1. The summed E-state index contributed by atoms with van der Waals surface area (Å²) in [5.74, 6) is -10.5. The van der Waals surface area contributed by atoms with Gasteiger partial charge in [-0.1, -0.05) is 70.9 Å². The van der Waals surface area contributed by atoms with Crippen molar-refractivity contribution in [1.29, 1.82) is 0 Å². The van der Waals surface area contributed by atoms with Crippen LogP contribution in [0.15, 0.2) is 30.3 Å². The predicted octanol–water partition coefficient (Wildman–Crippen LogP) is -0.242. The lowest BCUT2D eigenvalue weighted by Gasteiger charge is -2.30. The topological polar surface area (TPSA) is 368 Å². The zero-order chi connectivity index (χ0) is 51.5. The van der Waals surface area contributed by atoms with Crippen LogP contribution >= 0.6 is 11.8 Å². The largest absolute Gasteiger partial charge is 0.481 e. The van der Waals surface area contributed by atoms with Crippen molar-refractivity contribution >= 4 is 71.0 Å². The van der Waals surface area contributed by atoms with Gasteiger partial charge >= 0.3 is 17.9 Å². The lowest BCUT2D eigenvalue weighted by molar-refractivity contribution is -0.142. The highest BCUT2D eigenvalue weighted by atomic mass is 32.2. The Balaban J connectivity index is 3.41. The SMILES string of the molecule is CC[C@H](C)[C@H](NC(=O)[C@H](CCC(=O)O)NC(=O)[C@@H](NC(=O)[C@H](CCC(=O)O)NC(=O)[C@H](C)NC(=O)[C@@H](N)CCSC)[C@@H](C)CC)C(=O)N[C@@H](CCCCN)C(=O)N[C@@H](Cc1ccccc1)C(=O)O. The summed E-state index contributed by atoms with van der Waals surface area (Å²) >= 11 is 1.48. The first kappa shape index (κ1) is 60.2. The molecule has 382 valence electrons. The van der Waals surface area contributed by atoms with Gasteiger partial charge in [-0.15, -0.1) is 0 Å². The number of thioether (sulfide) groups is 1. The maximum atomic E-state index is 14.1. The maximum absolute atomic E-state index is 14.1. The Morgan fingerprint density at radius 1 is 0.559 bits per heavy atom. The minimum Gasteiger partial charge on any atom is -0.481 e. The summed E-state index contributed by atoms with van der Waals surface area (Å²) < 4.78 is 0. The quantitative estimate of drug-likeness (QED) is 0.0397. The predicted molar refractivity (Wildman–Crippen MR) is 254 cm³/mol. The van der Waals surface area contributed by atoms with Crippen LogP contribution in [0.1, 0.15) is 104 Å². The van der Waals surface area contributed by atoms with E-state index in [9.17, 15) is 63.3 Å². The molecule has 1 rings (SSSR count). The number of carboxylic acids is 3. The van der Waals surface area contributed by atoms with Crippen LogP contribution in [-0.4, -0.2) is 141 Å². The number of hydrogen-bond acceptors (Lipinski definition) is 13. The van der Waals surface area contributed by atoms with Gasteiger partial charge in [0.15, 0.2) is 0 Å². The smallest absolute Gasteiger partial charge is 0.326 e. The van der Waals surface area contributed by atoms with Crippen LogP contribution in [0, 0.1) is 11.8 Å². The first-order valence-electron chi connectivity index (χ1n) is 22.9. The monoisotopic (exact) mass is 980 g/mol. The van der Waals surface area contributed by atoms with E-state index < -0.39 is 145 Å². The second-order valence-corrected chi connectivity index (χ2v) is 17.8. The van der Waals surface area contributed by atoms with Gasteiger partial charge in [0.2, 0.25) is 41.4 Å². The Hall–Kier alpha value is -5.81. The van der Waals surface area contributed by atoms with Crippen LogP contribution in [0.25, 0.3) is 0 Å². The highest BCUT2D eigenvalue weighted by Gasteiger charge is 2.36. The molecule has 0 saturated carbocycles. The fraction of sp³-hybridized carbons (Fsp3) is 0.644. The lowest BCUT2D eigenvalue weighted by atomic mass is 9.95. The average molecular weight is 980 g/mol. The van der Waals surface area contributed by atoms with Gasteiger partial charge in [0.1, 0.15) is 42.3 Å². The van der Waals surface area contributed by atoms with E-state index in [1.165, 1.54) is 18.7 Å². The zero-order valence-corrected chi connectivity index (χ0v) is 40.7. The number of amides is 7. The number of hydrogen-bond donors (Lipinski definition) is 12. The third-order valence-corrected chi connectivity index (χ3v) is 12.0. The number of nitrogens with one attached hydrogen (secondary N) is 7. The van der Waals surface area contributed by atoms with Crippen LogP contribution in [0.2, 0.25) is 0 Å². The van der Waals surface area contributed by atoms with Crippen LogP contribution in [0.3, 0.4) is 0 Å². The Kier molecular flexibility index (Phi) is 28.4. The average Bonchev–Trinajstić information content (AvgIpc) is 3.30. The summed E-state index contributed by atoms with van der Waals surface area (Å²) in [5, 5.41) is 46.6. The molecule has 1 aromatic carbocycles. The van der Waals surface area contributed by atoms with Gasteiger partial charge in [0.05, 0.1) is 6.04 Å². The van der Waals surface area contributed by atoms with E-state index in [1.54, 1.807) is 58.0 Å². The third kappa shape index (κ3) is 22.3. The van der Waals surface area contributed by atoms with Crippen LogP contribution < -0.4 is 48.7 Å². The molecule has 23 heteroatoms. The van der Waals surface area contributed by atoms with Gasteiger partial charge in [0.25, 0.3) is 0 Å². The summed E-state index contributed by atoms with van der Waals surface area (Å²) in [6.07, 6.45) is 1.59. The van der Waals surface area contributed by atoms with Crippen molar-refractivity contribution in [2.45, 2.75) is 154 Å². The highest BCUT2D eigenvalue weighted by Crippen LogP contribution is 2.14. The Labute approximate surface area is 401 Å². The molecule has 0 aromatic heterocycles. The first-order valence-corrected chi connectivity index (χ1v) is 24.3. The number of aliphatic carboxylic acids is 3. The minimum atomic E-state index is -1.59. The molecule has 1 aromatic rings. The lowest BCUT2D eigenvalue weighted by Crippen LogP contribution is -2.61. The Morgan fingerprint density at radius 3 is 1.43 bits per heavy atom. The molecule has 0 radical (unpaired) electrons. The van der Waals surface area contributed by atoms with Crippen molar-refractivity contribution < 1.29 is 63.3 Å². The van der Waals surface area contributed by atoms with Crippen molar-refractivity contribution in [3.05, 3.63) is 35.9 Å². The molecule has 0 saturated heterocycles. The molecule has 68 heavy (non-hydrogen) atoms.